The summed E-state index contributed by atoms with van der Waals surface area (Å²) in [6.45, 7) is 0. The molecule has 0 saturated carbocycles. The van der Waals surface area contributed by atoms with Gasteiger partial charge in [-0.2, -0.15) is 0 Å². The molecule has 0 saturated heterocycles. The number of carbonyl (C=O) groups is 1. The maximum absolute atomic E-state index is 12.0. The van der Waals surface area contributed by atoms with E-state index in [-0.39, 0.29) is 5.91 Å². The van der Waals surface area contributed by atoms with Crippen molar-refractivity contribution in [1.82, 2.24) is 4.98 Å². The molecule has 0 bridgehead atoms. The Morgan fingerprint density at radius 1 is 1.22 bits per heavy atom. The highest BCUT2D eigenvalue weighted by Crippen LogP contribution is 2.24. The van der Waals surface area contributed by atoms with Crippen LogP contribution < -0.4 is 5.32 Å². The summed E-state index contributed by atoms with van der Waals surface area (Å²) in [5, 5.41) is 3.13. The van der Waals surface area contributed by atoms with Crippen LogP contribution in [0.3, 0.4) is 0 Å². The van der Waals surface area contributed by atoms with Gasteiger partial charge in [-0.15, -0.1) is 11.8 Å². The van der Waals surface area contributed by atoms with Crippen molar-refractivity contribution in [2.75, 3.05) is 11.6 Å². The Labute approximate surface area is 115 Å². The number of para-hydroxylation sites is 1. The van der Waals surface area contributed by atoms with Crippen LogP contribution >= 0.6 is 23.4 Å². The molecule has 2 rings (SSSR count). The van der Waals surface area contributed by atoms with E-state index in [1.165, 1.54) is 0 Å². The first-order chi connectivity index (χ1) is 8.70. The van der Waals surface area contributed by atoms with Gasteiger partial charge in [0.1, 0.15) is 10.8 Å². The number of aromatic nitrogens is 1. The van der Waals surface area contributed by atoms with Crippen molar-refractivity contribution in [3.05, 3.63) is 53.3 Å². The van der Waals surface area contributed by atoms with Gasteiger partial charge in [0.25, 0.3) is 5.91 Å². The second-order valence-electron chi connectivity index (χ2n) is 3.50. The molecule has 1 amide bonds. The van der Waals surface area contributed by atoms with Gasteiger partial charge in [-0.3, -0.25) is 4.79 Å². The first kappa shape index (κ1) is 12.9. The summed E-state index contributed by atoms with van der Waals surface area (Å²) in [6, 6.07) is 12.6. The Hall–Kier alpha value is -1.52. The number of thioether (sulfide) groups is 1. The minimum absolute atomic E-state index is 0.265. The molecule has 2 aromatic rings. The van der Waals surface area contributed by atoms with E-state index in [2.05, 4.69) is 10.3 Å². The van der Waals surface area contributed by atoms with Crippen LogP contribution in [-0.4, -0.2) is 17.1 Å². The van der Waals surface area contributed by atoms with Gasteiger partial charge >= 0.3 is 0 Å². The third-order valence-electron chi connectivity index (χ3n) is 2.30. The zero-order chi connectivity index (χ0) is 13.0. The lowest BCUT2D eigenvalue weighted by Crippen LogP contribution is -2.14. The van der Waals surface area contributed by atoms with E-state index >= 15 is 0 Å². The van der Waals surface area contributed by atoms with E-state index < -0.39 is 0 Å². The maximum Gasteiger partial charge on any atom is 0.274 e. The first-order valence-corrected chi connectivity index (χ1v) is 6.88. The van der Waals surface area contributed by atoms with Crippen LogP contribution in [0.2, 0.25) is 5.15 Å². The van der Waals surface area contributed by atoms with Gasteiger partial charge in [0, 0.05) is 4.90 Å². The highest BCUT2D eigenvalue weighted by Gasteiger charge is 2.09. The smallest absolute Gasteiger partial charge is 0.274 e. The molecule has 3 nitrogen and oxygen atoms in total. The second-order valence-corrected chi connectivity index (χ2v) is 4.74. The highest BCUT2D eigenvalue weighted by atomic mass is 35.5. The number of amides is 1. The van der Waals surface area contributed by atoms with Crippen LogP contribution in [0.15, 0.2) is 47.4 Å². The molecule has 1 aromatic heterocycles. The van der Waals surface area contributed by atoms with E-state index in [4.69, 9.17) is 11.6 Å². The van der Waals surface area contributed by atoms with E-state index in [9.17, 15) is 4.79 Å². The maximum atomic E-state index is 12.0. The standard InChI is InChI=1S/C13H11ClN2OS/c1-18-11-7-3-2-5-9(11)16-13(17)10-6-4-8-12(14)15-10/h2-8H,1H3,(H,16,17). The van der Waals surface area contributed by atoms with E-state index in [0.717, 1.165) is 10.6 Å². The monoisotopic (exact) mass is 278 g/mol. The Morgan fingerprint density at radius 3 is 2.72 bits per heavy atom. The molecule has 1 heterocycles. The third-order valence-corrected chi connectivity index (χ3v) is 3.31. The molecule has 0 atom stereocenters. The van der Waals surface area contributed by atoms with Crippen molar-refractivity contribution >= 4 is 35.0 Å². The molecule has 0 radical (unpaired) electrons. The predicted molar refractivity (Wildman–Crippen MR) is 75.4 cm³/mol. The fraction of sp³-hybridized carbons (Fsp3) is 0.0769. The molecule has 0 aliphatic carbocycles. The summed E-state index contributed by atoms with van der Waals surface area (Å²) in [6.07, 6.45) is 1.96. The summed E-state index contributed by atoms with van der Waals surface area (Å²) < 4.78 is 0. The van der Waals surface area contributed by atoms with Gasteiger partial charge in [-0.1, -0.05) is 29.8 Å². The van der Waals surface area contributed by atoms with Gasteiger partial charge in [-0.05, 0) is 30.5 Å². The number of nitrogens with zero attached hydrogens (tertiary/aromatic N) is 1. The highest BCUT2D eigenvalue weighted by molar-refractivity contribution is 7.98. The van der Waals surface area contributed by atoms with Crippen molar-refractivity contribution in [2.24, 2.45) is 0 Å². The number of halogens is 1. The summed E-state index contributed by atoms with van der Waals surface area (Å²) in [4.78, 5) is 17.0. The number of nitrogens with one attached hydrogen (secondary N) is 1. The van der Waals surface area contributed by atoms with Crippen LogP contribution in [0.4, 0.5) is 5.69 Å². The molecular formula is C13H11ClN2OS. The van der Waals surface area contributed by atoms with Gasteiger partial charge in [0.2, 0.25) is 0 Å². The zero-order valence-corrected chi connectivity index (χ0v) is 11.3. The van der Waals surface area contributed by atoms with Crippen LogP contribution in [0.5, 0.6) is 0 Å². The van der Waals surface area contributed by atoms with Crippen LogP contribution in [-0.2, 0) is 0 Å². The Morgan fingerprint density at radius 2 is 2.00 bits per heavy atom. The molecule has 0 aliphatic rings. The number of rotatable bonds is 3. The number of pyridine rings is 1. The summed E-state index contributed by atoms with van der Waals surface area (Å²) >= 11 is 7.33. The average molecular weight is 279 g/mol. The number of benzene rings is 1. The molecule has 0 aliphatic heterocycles. The molecule has 18 heavy (non-hydrogen) atoms. The molecular weight excluding hydrogens is 268 g/mol. The van der Waals surface area contributed by atoms with Gasteiger partial charge in [0.15, 0.2) is 0 Å². The van der Waals surface area contributed by atoms with Crippen LogP contribution in [0.25, 0.3) is 0 Å². The number of hydrogen-bond acceptors (Lipinski definition) is 3. The largest absolute Gasteiger partial charge is 0.320 e. The fourth-order valence-electron chi connectivity index (χ4n) is 1.47. The molecule has 5 heteroatoms. The number of hydrogen-bond donors (Lipinski definition) is 1. The lowest BCUT2D eigenvalue weighted by Gasteiger charge is -2.08. The lowest BCUT2D eigenvalue weighted by atomic mass is 10.3. The second kappa shape index (κ2) is 5.89. The Bertz CT molecular complexity index is 574. The third kappa shape index (κ3) is 3.03. The summed E-state index contributed by atoms with van der Waals surface area (Å²) in [5.41, 5.74) is 1.08. The minimum atomic E-state index is -0.265. The van der Waals surface area contributed by atoms with E-state index in [1.807, 2.05) is 30.5 Å². The average Bonchev–Trinajstić information content (AvgIpc) is 2.39. The molecule has 1 aromatic carbocycles. The zero-order valence-electron chi connectivity index (χ0n) is 9.68. The van der Waals surface area contributed by atoms with Gasteiger partial charge < -0.3 is 5.32 Å². The Balaban J connectivity index is 2.21. The van der Waals surface area contributed by atoms with Crippen molar-refractivity contribution in [2.45, 2.75) is 4.90 Å². The quantitative estimate of drug-likeness (QED) is 0.687. The first-order valence-electron chi connectivity index (χ1n) is 5.27. The fourth-order valence-corrected chi connectivity index (χ4v) is 2.19. The van der Waals surface area contributed by atoms with Crippen molar-refractivity contribution in [1.29, 1.82) is 0 Å². The van der Waals surface area contributed by atoms with E-state index in [0.29, 0.717) is 10.8 Å². The number of carbonyl (C=O) groups excluding carboxylic acids is 1. The topological polar surface area (TPSA) is 42.0 Å². The Kier molecular flexibility index (Phi) is 4.23. The number of anilines is 1. The van der Waals surface area contributed by atoms with Crippen LogP contribution in [0, 0.1) is 0 Å². The summed E-state index contributed by atoms with van der Waals surface area (Å²) in [5.74, 6) is -0.265. The molecule has 1 N–H and O–H groups in total. The van der Waals surface area contributed by atoms with E-state index in [1.54, 1.807) is 30.0 Å². The van der Waals surface area contributed by atoms with Gasteiger partial charge in [-0.25, -0.2) is 4.98 Å². The lowest BCUT2D eigenvalue weighted by molar-refractivity contribution is 0.102. The minimum Gasteiger partial charge on any atom is -0.320 e. The predicted octanol–water partition coefficient (Wildman–Crippen LogP) is 3.71. The molecule has 0 fully saturated rings. The van der Waals surface area contributed by atoms with Gasteiger partial charge in [0.05, 0.1) is 5.69 Å². The summed E-state index contributed by atoms with van der Waals surface area (Å²) in [7, 11) is 0. The normalized spacial score (nSPS) is 10.1. The SMILES string of the molecule is CSc1ccccc1NC(=O)c1cccc(Cl)n1. The molecule has 0 unspecified atom stereocenters. The van der Waals surface area contributed by atoms with Crippen molar-refractivity contribution in [3.8, 4) is 0 Å². The van der Waals surface area contributed by atoms with Crippen LogP contribution in [0.1, 0.15) is 10.5 Å². The molecule has 92 valence electrons. The molecule has 0 spiro atoms. The van der Waals surface area contributed by atoms with Crippen molar-refractivity contribution < 1.29 is 4.79 Å². The van der Waals surface area contributed by atoms with Crippen molar-refractivity contribution in [3.63, 3.8) is 0 Å².